The Balaban J connectivity index is 1.52. The molecule has 3 aromatic carbocycles. The first-order valence-electron chi connectivity index (χ1n) is 8.54. The molecule has 1 amide bonds. The van der Waals surface area contributed by atoms with Crippen LogP contribution in [-0.4, -0.2) is 18.5 Å². The van der Waals surface area contributed by atoms with Gasteiger partial charge in [-0.3, -0.25) is 9.59 Å². The lowest BCUT2D eigenvalue weighted by Crippen LogP contribution is -2.21. The van der Waals surface area contributed by atoms with E-state index in [1.807, 2.05) is 42.5 Å². The minimum absolute atomic E-state index is 0.109. The van der Waals surface area contributed by atoms with E-state index in [0.29, 0.717) is 12.1 Å². The second-order valence-corrected chi connectivity index (χ2v) is 6.06. The highest BCUT2D eigenvalue weighted by Crippen LogP contribution is 2.19. The molecule has 27 heavy (non-hydrogen) atoms. The van der Waals surface area contributed by atoms with Crippen LogP contribution in [0, 0.1) is 11.3 Å². The van der Waals surface area contributed by atoms with Gasteiger partial charge in [-0.25, -0.2) is 0 Å². The summed E-state index contributed by atoms with van der Waals surface area (Å²) in [7, 11) is 0. The Morgan fingerprint density at radius 2 is 1.70 bits per heavy atom. The molecule has 0 bridgehead atoms. The zero-order valence-corrected chi connectivity index (χ0v) is 14.6. The minimum atomic E-state index is -0.453. The van der Waals surface area contributed by atoms with Gasteiger partial charge in [-0.05, 0) is 34.0 Å². The van der Waals surface area contributed by atoms with E-state index >= 15 is 0 Å². The zero-order chi connectivity index (χ0) is 19.1. The first kappa shape index (κ1) is 18.2. The maximum absolute atomic E-state index is 12.1. The molecule has 0 aliphatic heterocycles. The Hall–Kier alpha value is -3.65. The third-order valence-electron chi connectivity index (χ3n) is 4.10. The Labute approximate surface area is 157 Å². The van der Waals surface area contributed by atoms with Crippen LogP contribution in [0.5, 0.6) is 0 Å². The van der Waals surface area contributed by atoms with E-state index in [0.717, 1.165) is 21.9 Å². The standard InChI is InChI=1S/C22H18N2O3/c23-13-12-16-8-10-19(11-9-16)24-21(25)15-27-22(26)14-18-6-3-5-17-4-1-2-7-20(17)18/h1-11H,12,14-15H2,(H,24,25). The van der Waals surface area contributed by atoms with Crippen LogP contribution in [0.3, 0.4) is 0 Å². The van der Waals surface area contributed by atoms with Crippen LogP contribution in [0.2, 0.25) is 0 Å². The van der Waals surface area contributed by atoms with E-state index < -0.39 is 11.9 Å². The number of carbonyl (C=O) groups is 2. The maximum atomic E-state index is 12.1. The molecule has 0 radical (unpaired) electrons. The van der Waals surface area contributed by atoms with E-state index in [1.165, 1.54) is 0 Å². The highest BCUT2D eigenvalue weighted by atomic mass is 16.5. The number of carbonyl (C=O) groups excluding carboxylic acids is 2. The van der Waals surface area contributed by atoms with Gasteiger partial charge in [-0.2, -0.15) is 5.26 Å². The van der Waals surface area contributed by atoms with Crippen LogP contribution < -0.4 is 5.32 Å². The van der Waals surface area contributed by atoms with Gasteiger partial charge in [0.15, 0.2) is 6.61 Å². The van der Waals surface area contributed by atoms with Crippen molar-refractivity contribution in [2.24, 2.45) is 0 Å². The van der Waals surface area contributed by atoms with Gasteiger partial charge in [0.25, 0.3) is 5.91 Å². The van der Waals surface area contributed by atoms with E-state index in [1.54, 1.807) is 24.3 Å². The summed E-state index contributed by atoms with van der Waals surface area (Å²) in [5.74, 6) is -0.861. The van der Waals surface area contributed by atoms with Gasteiger partial charge >= 0.3 is 5.97 Å². The molecule has 1 N–H and O–H groups in total. The molecule has 5 nitrogen and oxygen atoms in total. The lowest BCUT2D eigenvalue weighted by Gasteiger charge is -2.08. The SMILES string of the molecule is N#CCc1ccc(NC(=O)COC(=O)Cc2cccc3ccccc23)cc1. The van der Waals surface area contributed by atoms with E-state index in [2.05, 4.69) is 11.4 Å². The van der Waals surface area contributed by atoms with E-state index in [-0.39, 0.29) is 13.0 Å². The molecule has 0 saturated carbocycles. The number of nitriles is 1. The van der Waals surface area contributed by atoms with Gasteiger partial charge < -0.3 is 10.1 Å². The lowest BCUT2D eigenvalue weighted by atomic mass is 10.0. The number of amides is 1. The number of nitrogens with zero attached hydrogens (tertiary/aromatic N) is 1. The summed E-state index contributed by atoms with van der Waals surface area (Å²) < 4.78 is 5.10. The molecule has 0 unspecified atom stereocenters. The number of fused-ring (bicyclic) bond motifs is 1. The van der Waals surface area contributed by atoms with Crippen LogP contribution in [0.1, 0.15) is 11.1 Å². The summed E-state index contributed by atoms with van der Waals surface area (Å²) in [5.41, 5.74) is 2.33. The molecule has 0 aliphatic rings. The average Bonchev–Trinajstić information content (AvgIpc) is 2.68. The molecular formula is C22H18N2O3. The Morgan fingerprint density at radius 1 is 0.963 bits per heavy atom. The average molecular weight is 358 g/mol. The number of anilines is 1. The quantitative estimate of drug-likeness (QED) is 0.683. The van der Waals surface area contributed by atoms with Gasteiger partial charge in [-0.1, -0.05) is 54.6 Å². The number of benzene rings is 3. The van der Waals surface area contributed by atoms with Gasteiger partial charge in [0.1, 0.15) is 0 Å². The number of hydrogen-bond donors (Lipinski definition) is 1. The van der Waals surface area contributed by atoms with Crippen molar-refractivity contribution >= 4 is 28.3 Å². The van der Waals surface area contributed by atoms with Crippen LogP contribution >= 0.6 is 0 Å². The molecular weight excluding hydrogens is 340 g/mol. The topological polar surface area (TPSA) is 79.2 Å². The summed E-state index contributed by atoms with van der Waals surface area (Å²) >= 11 is 0. The fraction of sp³-hybridized carbons (Fsp3) is 0.136. The van der Waals surface area contributed by atoms with E-state index in [9.17, 15) is 9.59 Å². The number of esters is 1. The molecule has 0 atom stereocenters. The fourth-order valence-electron chi connectivity index (χ4n) is 2.79. The van der Waals surface area contributed by atoms with Crippen LogP contribution in [0.4, 0.5) is 5.69 Å². The first-order chi connectivity index (χ1) is 13.2. The third-order valence-corrected chi connectivity index (χ3v) is 4.10. The Morgan fingerprint density at radius 3 is 2.48 bits per heavy atom. The summed E-state index contributed by atoms with van der Waals surface area (Å²) in [6, 6.07) is 22.6. The fourth-order valence-corrected chi connectivity index (χ4v) is 2.79. The molecule has 0 fully saturated rings. The van der Waals surface area contributed by atoms with Crippen LogP contribution in [0.15, 0.2) is 66.7 Å². The maximum Gasteiger partial charge on any atom is 0.310 e. The lowest BCUT2D eigenvalue weighted by molar-refractivity contribution is -0.146. The van der Waals surface area contributed by atoms with E-state index in [4.69, 9.17) is 10.00 Å². The van der Waals surface area contributed by atoms with Gasteiger partial charge in [0, 0.05) is 5.69 Å². The van der Waals surface area contributed by atoms with Crippen molar-refractivity contribution in [2.45, 2.75) is 12.8 Å². The van der Waals surface area contributed by atoms with Crippen molar-refractivity contribution in [3.8, 4) is 6.07 Å². The molecule has 0 heterocycles. The van der Waals surface area contributed by atoms with Crippen molar-refractivity contribution < 1.29 is 14.3 Å². The molecule has 134 valence electrons. The normalized spacial score (nSPS) is 10.2. The van der Waals surface area contributed by atoms with Crippen molar-refractivity contribution in [3.63, 3.8) is 0 Å². The summed E-state index contributed by atoms with van der Waals surface area (Å²) in [4.78, 5) is 24.0. The molecule has 0 aromatic heterocycles. The summed E-state index contributed by atoms with van der Waals surface area (Å²) in [6.45, 7) is -0.344. The van der Waals surface area contributed by atoms with Gasteiger partial charge in [0.2, 0.25) is 0 Å². The van der Waals surface area contributed by atoms with Crippen LogP contribution in [-0.2, 0) is 27.2 Å². The van der Waals surface area contributed by atoms with Crippen molar-refractivity contribution in [2.75, 3.05) is 11.9 Å². The monoisotopic (exact) mass is 358 g/mol. The number of rotatable bonds is 6. The second kappa shape index (κ2) is 8.63. The predicted molar refractivity (Wildman–Crippen MR) is 103 cm³/mol. The summed E-state index contributed by atoms with van der Waals surface area (Å²) in [6.07, 6.45) is 0.428. The predicted octanol–water partition coefficient (Wildman–Crippen LogP) is 3.63. The largest absolute Gasteiger partial charge is 0.455 e. The number of hydrogen-bond acceptors (Lipinski definition) is 4. The Kier molecular flexibility index (Phi) is 5.80. The molecule has 3 rings (SSSR count). The zero-order valence-electron chi connectivity index (χ0n) is 14.6. The third kappa shape index (κ3) is 4.93. The molecule has 3 aromatic rings. The summed E-state index contributed by atoms with van der Waals surface area (Å²) in [5, 5.41) is 13.4. The highest BCUT2D eigenvalue weighted by molar-refractivity contribution is 5.93. The Bertz CT molecular complexity index is 999. The van der Waals surface area contributed by atoms with Gasteiger partial charge in [-0.15, -0.1) is 0 Å². The second-order valence-electron chi connectivity index (χ2n) is 6.06. The highest BCUT2D eigenvalue weighted by Gasteiger charge is 2.11. The number of ether oxygens (including phenoxy) is 1. The van der Waals surface area contributed by atoms with Crippen molar-refractivity contribution in [3.05, 3.63) is 77.9 Å². The first-order valence-corrected chi connectivity index (χ1v) is 8.54. The van der Waals surface area contributed by atoms with Gasteiger partial charge in [0.05, 0.1) is 18.9 Å². The molecule has 0 aliphatic carbocycles. The van der Waals surface area contributed by atoms with Crippen molar-refractivity contribution in [1.29, 1.82) is 5.26 Å². The van der Waals surface area contributed by atoms with Crippen molar-refractivity contribution in [1.82, 2.24) is 0 Å². The molecule has 0 saturated heterocycles. The minimum Gasteiger partial charge on any atom is -0.455 e. The molecule has 5 heteroatoms. The van der Waals surface area contributed by atoms with Crippen LogP contribution in [0.25, 0.3) is 10.8 Å². The smallest absolute Gasteiger partial charge is 0.310 e. The number of nitrogens with one attached hydrogen (secondary N) is 1. The molecule has 0 spiro atoms.